The number of aryl methyl sites for hydroxylation is 1. The van der Waals surface area contributed by atoms with Crippen molar-refractivity contribution in [2.45, 2.75) is 30.4 Å². The highest BCUT2D eigenvalue weighted by Crippen LogP contribution is 2.59. The van der Waals surface area contributed by atoms with E-state index >= 15 is 0 Å². The van der Waals surface area contributed by atoms with Crippen LogP contribution in [0.1, 0.15) is 52.6 Å². The second-order valence-corrected chi connectivity index (χ2v) is 12.1. The third-order valence-electron chi connectivity index (χ3n) is 9.95. The topological polar surface area (TPSA) is 35.9 Å². The molecule has 0 amide bonds. The molecule has 43 heavy (non-hydrogen) atoms. The molecule has 2 unspecified atom stereocenters. The number of likely N-dealkylation sites (N-methyl/N-ethyl adjacent to an activating group) is 1. The summed E-state index contributed by atoms with van der Waals surface area (Å²) >= 11 is 0. The fourth-order valence-corrected chi connectivity index (χ4v) is 7.91. The molecule has 5 nitrogen and oxygen atoms in total. The number of benzene rings is 4. The zero-order valence-electron chi connectivity index (χ0n) is 25.1. The number of fused-ring (bicyclic) bond motifs is 11. The zero-order valence-corrected chi connectivity index (χ0v) is 25.1. The van der Waals surface area contributed by atoms with E-state index < -0.39 is 5.60 Å². The Kier molecular flexibility index (Phi) is 5.95. The Hall–Kier alpha value is -4.48. The Morgan fingerprint density at radius 2 is 1.47 bits per heavy atom. The van der Waals surface area contributed by atoms with Crippen molar-refractivity contribution in [3.63, 3.8) is 0 Å². The SMILES string of the molecule is COc1ccc(C2(c3ccc(OC)cc3)C=Cc3c4c(c5ccccc5c3O2)-c2c(ccn2C)C2CCCN(C)C42)cc1. The summed E-state index contributed by atoms with van der Waals surface area (Å²) < 4.78 is 20.8. The lowest BCUT2D eigenvalue weighted by Gasteiger charge is -2.46. The molecule has 3 aliphatic rings. The van der Waals surface area contributed by atoms with Crippen LogP contribution in [0.4, 0.5) is 0 Å². The molecule has 5 heteroatoms. The van der Waals surface area contributed by atoms with Gasteiger partial charge in [0.1, 0.15) is 17.2 Å². The number of nitrogens with zero attached hydrogens (tertiary/aromatic N) is 2. The van der Waals surface area contributed by atoms with Gasteiger partial charge in [-0.1, -0.05) is 54.6 Å². The summed E-state index contributed by atoms with van der Waals surface area (Å²) in [4.78, 5) is 2.57. The molecule has 1 aromatic heterocycles. The molecule has 0 spiro atoms. The average molecular weight is 569 g/mol. The van der Waals surface area contributed by atoms with Gasteiger partial charge in [0.2, 0.25) is 0 Å². The Morgan fingerprint density at radius 3 is 2.12 bits per heavy atom. The van der Waals surface area contributed by atoms with Crippen molar-refractivity contribution in [2.24, 2.45) is 7.05 Å². The van der Waals surface area contributed by atoms with Gasteiger partial charge >= 0.3 is 0 Å². The van der Waals surface area contributed by atoms with E-state index in [1.807, 2.05) is 24.3 Å². The van der Waals surface area contributed by atoms with Crippen LogP contribution in [0.25, 0.3) is 28.1 Å². The maximum Gasteiger partial charge on any atom is 0.178 e. The molecule has 2 aliphatic heterocycles. The minimum atomic E-state index is -0.828. The van der Waals surface area contributed by atoms with Gasteiger partial charge in [0.25, 0.3) is 0 Å². The van der Waals surface area contributed by atoms with Crippen LogP contribution < -0.4 is 14.2 Å². The van der Waals surface area contributed by atoms with Crippen LogP contribution >= 0.6 is 0 Å². The number of ether oxygens (including phenoxy) is 3. The Morgan fingerprint density at radius 1 is 0.814 bits per heavy atom. The molecule has 5 aromatic rings. The van der Waals surface area contributed by atoms with Crippen LogP contribution in [-0.4, -0.2) is 37.3 Å². The fraction of sp³-hybridized carbons (Fsp3) is 0.263. The number of piperidine rings is 1. The predicted molar refractivity (Wildman–Crippen MR) is 172 cm³/mol. The van der Waals surface area contributed by atoms with Crippen LogP contribution in [0.3, 0.4) is 0 Å². The van der Waals surface area contributed by atoms with E-state index in [1.54, 1.807) is 14.2 Å². The van der Waals surface area contributed by atoms with Crippen molar-refractivity contribution in [2.75, 3.05) is 27.8 Å². The zero-order chi connectivity index (χ0) is 29.3. The standard InChI is InChI=1S/C38H36N2O3/c1-39-22-7-10-29-30-20-23-40(2)36(30)33-28-8-5-6-9-31(28)37-32(34(33)35(29)39)19-21-38(43-37,24-11-15-26(41-3)16-12-24)25-13-17-27(42-4)18-14-25/h5-6,8-9,11-21,23,29,35H,7,10,22H2,1-4H3. The molecule has 0 saturated carbocycles. The molecule has 4 aromatic carbocycles. The predicted octanol–water partition coefficient (Wildman–Crippen LogP) is 8.08. The van der Waals surface area contributed by atoms with Crippen molar-refractivity contribution < 1.29 is 14.2 Å². The van der Waals surface area contributed by atoms with Crippen LogP contribution in [0.5, 0.6) is 17.2 Å². The van der Waals surface area contributed by atoms with Gasteiger partial charge in [-0.15, -0.1) is 0 Å². The van der Waals surface area contributed by atoms with Gasteiger partial charge in [0.15, 0.2) is 5.60 Å². The molecule has 3 heterocycles. The number of methoxy groups -OCH3 is 2. The van der Waals surface area contributed by atoms with Crippen LogP contribution in [0, 0.1) is 0 Å². The van der Waals surface area contributed by atoms with E-state index in [0.29, 0.717) is 12.0 Å². The van der Waals surface area contributed by atoms with Gasteiger partial charge < -0.3 is 18.8 Å². The summed E-state index contributed by atoms with van der Waals surface area (Å²) in [5.41, 5.74) is 8.02. The first-order valence-electron chi connectivity index (χ1n) is 15.2. The first-order chi connectivity index (χ1) is 21.0. The van der Waals surface area contributed by atoms with Gasteiger partial charge in [-0.3, -0.25) is 4.90 Å². The normalized spacial score (nSPS) is 20.0. The fourth-order valence-electron chi connectivity index (χ4n) is 7.91. The summed E-state index contributed by atoms with van der Waals surface area (Å²) in [6.45, 7) is 1.09. The molecule has 1 aliphatic carbocycles. The lowest BCUT2D eigenvalue weighted by Crippen LogP contribution is -2.39. The van der Waals surface area contributed by atoms with E-state index in [0.717, 1.165) is 40.3 Å². The lowest BCUT2D eigenvalue weighted by atomic mass is 9.70. The number of aromatic nitrogens is 1. The van der Waals surface area contributed by atoms with Crippen molar-refractivity contribution >= 4 is 16.8 Å². The van der Waals surface area contributed by atoms with Crippen molar-refractivity contribution in [1.29, 1.82) is 0 Å². The molecule has 0 radical (unpaired) electrons. The molecular formula is C38H36N2O3. The van der Waals surface area contributed by atoms with Crippen LogP contribution in [0.15, 0.2) is 91.1 Å². The lowest BCUT2D eigenvalue weighted by molar-refractivity contribution is 0.152. The minimum absolute atomic E-state index is 0.291. The van der Waals surface area contributed by atoms with E-state index in [-0.39, 0.29) is 0 Å². The number of likely N-dealkylation sites (tertiary alicyclic amines) is 1. The second kappa shape index (κ2) is 9.78. The van der Waals surface area contributed by atoms with Crippen molar-refractivity contribution in [1.82, 2.24) is 9.47 Å². The van der Waals surface area contributed by atoms with E-state index in [1.165, 1.54) is 46.2 Å². The van der Waals surface area contributed by atoms with E-state index in [2.05, 4.69) is 96.5 Å². The quantitative estimate of drug-likeness (QED) is 0.220. The number of hydrogen-bond donors (Lipinski definition) is 0. The summed E-state index contributed by atoms with van der Waals surface area (Å²) in [5.74, 6) is 3.03. The largest absolute Gasteiger partial charge is 0.497 e. The number of rotatable bonds is 4. The molecule has 216 valence electrons. The monoisotopic (exact) mass is 568 g/mol. The third-order valence-corrected chi connectivity index (χ3v) is 9.95. The molecule has 0 bridgehead atoms. The summed E-state index contributed by atoms with van der Waals surface area (Å²) in [5, 5.41) is 2.38. The van der Waals surface area contributed by atoms with Crippen molar-refractivity contribution in [3.8, 4) is 28.5 Å². The summed E-state index contributed by atoms with van der Waals surface area (Å²) in [6, 6.07) is 27.9. The minimum Gasteiger partial charge on any atom is -0.497 e. The van der Waals surface area contributed by atoms with Crippen molar-refractivity contribution in [3.05, 3.63) is 119 Å². The highest BCUT2D eigenvalue weighted by Gasteiger charge is 2.45. The Bertz CT molecular complexity index is 1840. The molecule has 0 N–H and O–H groups in total. The smallest absolute Gasteiger partial charge is 0.178 e. The second-order valence-electron chi connectivity index (χ2n) is 12.1. The first kappa shape index (κ1) is 26.2. The van der Waals surface area contributed by atoms with Gasteiger partial charge in [0.05, 0.1) is 19.9 Å². The first-order valence-corrected chi connectivity index (χ1v) is 15.2. The maximum atomic E-state index is 7.44. The van der Waals surface area contributed by atoms with Crippen LogP contribution in [-0.2, 0) is 12.6 Å². The molecule has 8 rings (SSSR count). The molecule has 1 fully saturated rings. The Balaban J connectivity index is 1.43. The Labute approximate surface area is 252 Å². The van der Waals surface area contributed by atoms with Gasteiger partial charge in [0, 0.05) is 52.8 Å². The van der Waals surface area contributed by atoms with Crippen LogP contribution in [0.2, 0.25) is 0 Å². The van der Waals surface area contributed by atoms with Gasteiger partial charge in [-0.05, 0) is 79.4 Å². The summed E-state index contributed by atoms with van der Waals surface area (Å²) in [6.07, 6.45) is 9.24. The van der Waals surface area contributed by atoms with Gasteiger partial charge in [-0.2, -0.15) is 0 Å². The van der Waals surface area contributed by atoms with E-state index in [4.69, 9.17) is 14.2 Å². The van der Waals surface area contributed by atoms with Gasteiger partial charge in [-0.25, -0.2) is 0 Å². The van der Waals surface area contributed by atoms with E-state index in [9.17, 15) is 0 Å². The highest BCUT2D eigenvalue weighted by molar-refractivity contribution is 6.06. The third kappa shape index (κ3) is 3.74. The maximum absolute atomic E-state index is 7.44. The average Bonchev–Trinajstić information content (AvgIpc) is 3.46. The molecule has 2 atom stereocenters. The summed E-state index contributed by atoms with van der Waals surface area (Å²) in [7, 11) is 7.88. The highest BCUT2D eigenvalue weighted by atomic mass is 16.5. The molecular weight excluding hydrogens is 532 g/mol. The number of hydrogen-bond acceptors (Lipinski definition) is 4. The molecule has 1 saturated heterocycles.